The van der Waals surface area contributed by atoms with Gasteiger partial charge in [-0.1, -0.05) is 335 Å². The summed E-state index contributed by atoms with van der Waals surface area (Å²) in [5.41, 5.74) is 0. The molecule has 2 N–H and O–H groups in total. The Morgan fingerprint density at radius 3 is 1.08 bits per heavy atom. The summed E-state index contributed by atoms with van der Waals surface area (Å²) in [4.78, 5) is 25.6. The number of phosphoric acid groups is 1. The van der Waals surface area contributed by atoms with E-state index in [1.54, 1.807) is 6.08 Å². The summed E-state index contributed by atoms with van der Waals surface area (Å²) >= 11 is 0. The predicted molar refractivity (Wildman–Crippen MR) is 376 cm³/mol. The Kier molecular flexibility index (Phi) is 64.4. The van der Waals surface area contributed by atoms with Crippen LogP contribution < -0.4 is 10.2 Å². The number of phosphoric ester groups is 1. The van der Waals surface area contributed by atoms with Gasteiger partial charge in [0.05, 0.1) is 39.9 Å². The number of nitrogens with one attached hydrogen (secondary N) is 1. The summed E-state index contributed by atoms with van der Waals surface area (Å²) in [5.74, 6) is -0.207. The number of carbonyl (C=O) groups is 1. The molecule has 0 fully saturated rings. The second-order valence-corrected chi connectivity index (χ2v) is 27.0. The number of unbranched alkanes of at least 4 members (excludes halogenated alkanes) is 37. The number of nitrogens with zero attached hydrogens (tertiary/aromatic N) is 1. The Labute approximate surface area is 533 Å². The van der Waals surface area contributed by atoms with Crippen molar-refractivity contribution in [3.8, 4) is 0 Å². The van der Waals surface area contributed by atoms with E-state index in [0.717, 1.165) is 83.5 Å². The highest BCUT2D eigenvalue weighted by molar-refractivity contribution is 7.45. The molecule has 3 atom stereocenters. The van der Waals surface area contributed by atoms with Gasteiger partial charge in [0, 0.05) is 6.42 Å². The van der Waals surface area contributed by atoms with Crippen molar-refractivity contribution in [3.05, 3.63) is 109 Å². The third-order valence-corrected chi connectivity index (χ3v) is 16.9. The molecule has 0 aromatic rings. The topological polar surface area (TPSA) is 108 Å². The van der Waals surface area contributed by atoms with Gasteiger partial charge in [0.2, 0.25) is 5.91 Å². The molecule has 0 aliphatic rings. The van der Waals surface area contributed by atoms with Gasteiger partial charge in [0.15, 0.2) is 0 Å². The number of rotatable bonds is 66. The first-order valence-corrected chi connectivity index (χ1v) is 37.7. The minimum Gasteiger partial charge on any atom is -0.756 e. The third-order valence-electron chi connectivity index (χ3n) is 16.0. The molecular weight excluding hydrogens is 1080 g/mol. The highest BCUT2D eigenvalue weighted by Crippen LogP contribution is 2.38. The summed E-state index contributed by atoms with van der Waals surface area (Å²) in [7, 11) is 1.24. The fraction of sp³-hybridized carbons (Fsp3) is 0.753. The molecule has 0 aliphatic heterocycles. The highest BCUT2D eigenvalue weighted by Gasteiger charge is 2.23. The number of likely N-dealkylation sites (N-methyl/N-ethyl adjacent to an activating group) is 1. The molecule has 0 aromatic heterocycles. The van der Waals surface area contributed by atoms with Crippen molar-refractivity contribution >= 4 is 13.7 Å². The van der Waals surface area contributed by atoms with E-state index >= 15 is 0 Å². The smallest absolute Gasteiger partial charge is 0.268 e. The van der Waals surface area contributed by atoms with Gasteiger partial charge >= 0.3 is 0 Å². The molecule has 0 saturated heterocycles. The molecule has 0 bridgehead atoms. The van der Waals surface area contributed by atoms with Crippen molar-refractivity contribution < 1.29 is 32.9 Å². The lowest BCUT2D eigenvalue weighted by Gasteiger charge is -2.29. The maximum Gasteiger partial charge on any atom is 0.268 e. The molecule has 86 heavy (non-hydrogen) atoms. The van der Waals surface area contributed by atoms with Crippen LogP contribution in [0.1, 0.15) is 322 Å². The molecule has 0 radical (unpaired) electrons. The number of quaternary nitrogens is 1. The molecule has 3 unspecified atom stereocenters. The lowest BCUT2D eigenvalue weighted by molar-refractivity contribution is -0.870. The molecule has 9 heteroatoms. The summed E-state index contributed by atoms with van der Waals surface area (Å²) in [6.45, 7) is 4.54. The van der Waals surface area contributed by atoms with Gasteiger partial charge in [-0.15, -0.1) is 0 Å². The van der Waals surface area contributed by atoms with E-state index in [-0.39, 0.29) is 12.5 Å². The monoisotopic (exact) mass is 1220 g/mol. The number of aliphatic hydroxyl groups excluding tert-OH is 1. The number of amides is 1. The average molecular weight is 1220 g/mol. The van der Waals surface area contributed by atoms with Gasteiger partial charge in [-0.25, -0.2) is 0 Å². The van der Waals surface area contributed by atoms with Crippen LogP contribution in [0.5, 0.6) is 0 Å². The number of carbonyl (C=O) groups excluding carboxylic acids is 1. The molecule has 0 heterocycles. The maximum atomic E-state index is 13.0. The molecule has 0 aromatic carbocycles. The maximum absolute atomic E-state index is 13.0. The van der Waals surface area contributed by atoms with Gasteiger partial charge in [-0.05, 0) is 89.9 Å². The Morgan fingerprint density at radius 1 is 0.419 bits per heavy atom. The first-order valence-electron chi connectivity index (χ1n) is 36.2. The van der Waals surface area contributed by atoms with Crippen molar-refractivity contribution in [1.29, 1.82) is 0 Å². The molecule has 0 aliphatic carbocycles. The van der Waals surface area contributed by atoms with Gasteiger partial charge < -0.3 is 28.8 Å². The fourth-order valence-corrected chi connectivity index (χ4v) is 11.1. The molecule has 8 nitrogen and oxygen atoms in total. The number of aliphatic hydroxyl groups is 1. The molecule has 0 rings (SSSR count). The Balaban J connectivity index is 4.09. The van der Waals surface area contributed by atoms with E-state index in [4.69, 9.17) is 9.05 Å². The minimum atomic E-state index is -4.62. The van der Waals surface area contributed by atoms with Crippen LogP contribution in [0.15, 0.2) is 109 Å². The minimum absolute atomic E-state index is 0.00939. The van der Waals surface area contributed by atoms with Crippen LogP contribution in [0.3, 0.4) is 0 Å². The van der Waals surface area contributed by atoms with Gasteiger partial charge in [-0.3, -0.25) is 9.36 Å². The standard InChI is InChI=1S/C77H139N2O6P/c1-6-8-10-12-14-16-18-20-22-24-26-28-30-32-34-35-36-37-38-39-40-41-42-43-45-47-49-51-53-55-57-59-61-63-65-67-69-71-77(81)78-75(74-85-86(82,83)84-73-72-79(3,4)5)76(80)70-68-66-64-62-60-58-56-54-52-50-48-46-44-33-31-29-27-25-23-21-19-17-15-13-11-9-7-2/h8,10,14,16,20,22,26,28,32,34,36-37,39-40,60,62,68,70,75-76,80H,6-7,9,11-13,15,17-19,21,23-25,27,29-31,33,35,38,41-59,61,63-67,69,71-74H2,1-5H3,(H-,78,81,82,83)/b10-8-,16-14-,22-20-,28-26-,34-32-,37-36-,40-39-,62-60+,70-68+. The van der Waals surface area contributed by atoms with E-state index in [9.17, 15) is 19.4 Å². The Bertz CT molecular complexity index is 1770. The van der Waals surface area contributed by atoms with Gasteiger partial charge in [0.25, 0.3) is 7.82 Å². The van der Waals surface area contributed by atoms with E-state index in [2.05, 4.69) is 116 Å². The lowest BCUT2D eigenvalue weighted by atomic mass is 10.0. The first kappa shape index (κ1) is 83.2. The van der Waals surface area contributed by atoms with Crippen molar-refractivity contribution in [2.75, 3.05) is 40.9 Å². The normalized spacial score (nSPS) is 14.3. The van der Waals surface area contributed by atoms with Crippen molar-refractivity contribution in [1.82, 2.24) is 5.32 Å². The average Bonchev–Trinajstić information content (AvgIpc) is 3.70. The number of hydrogen-bond donors (Lipinski definition) is 2. The lowest BCUT2D eigenvalue weighted by Crippen LogP contribution is -2.45. The highest BCUT2D eigenvalue weighted by atomic mass is 31.2. The van der Waals surface area contributed by atoms with Gasteiger partial charge in [-0.2, -0.15) is 0 Å². The summed E-state index contributed by atoms with van der Waals surface area (Å²) in [5, 5.41) is 14.0. The zero-order chi connectivity index (χ0) is 62.6. The Morgan fingerprint density at radius 2 is 0.721 bits per heavy atom. The van der Waals surface area contributed by atoms with Crippen LogP contribution in [0, 0.1) is 0 Å². The van der Waals surface area contributed by atoms with Crippen LogP contribution >= 0.6 is 7.82 Å². The second kappa shape index (κ2) is 66.6. The predicted octanol–water partition coefficient (Wildman–Crippen LogP) is 22.8. The zero-order valence-electron chi connectivity index (χ0n) is 57.0. The van der Waals surface area contributed by atoms with E-state index in [1.807, 2.05) is 27.2 Å². The molecule has 0 saturated carbocycles. The molecule has 498 valence electrons. The zero-order valence-corrected chi connectivity index (χ0v) is 57.9. The third kappa shape index (κ3) is 68.6. The van der Waals surface area contributed by atoms with E-state index in [0.29, 0.717) is 17.4 Å². The second-order valence-electron chi connectivity index (χ2n) is 25.6. The number of hydrogen-bond acceptors (Lipinski definition) is 6. The largest absolute Gasteiger partial charge is 0.756 e. The van der Waals surface area contributed by atoms with Crippen molar-refractivity contribution in [2.45, 2.75) is 334 Å². The molecule has 1 amide bonds. The summed E-state index contributed by atoms with van der Waals surface area (Å²) < 4.78 is 23.5. The van der Waals surface area contributed by atoms with Gasteiger partial charge in [0.1, 0.15) is 13.2 Å². The first-order chi connectivity index (χ1) is 42.0. The fourth-order valence-electron chi connectivity index (χ4n) is 10.4. The van der Waals surface area contributed by atoms with Crippen LogP contribution in [0.4, 0.5) is 0 Å². The Hall–Kier alpha value is -2.84. The van der Waals surface area contributed by atoms with Crippen LogP contribution in [0.2, 0.25) is 0 Å². The van der Waals surface area contributed by atoms with E-state index in [1.165, 1.54) is 218 Å². The SMILES string of the molecule is CC/C=C\C/C=C\C/C=C\C/C=C\C/C=C\C/C=C\C/C=C\CCCCCCCCCCCCCCCCCC(=O)NC(COP(=O)([O-])OCC[N+](C)(C)C)C(O)/C=C/CC/C=C/CCCCCCCCCCCCCCCCCCCCCCC. The number of allylic oxidation sites excluding steroid dienone is 17. The van der Waals surface area contributed by atoms with Crippen molar-refractivity contribution in [3.63, 3.8) is 0 Å². The van der Waals surface area contributed by atoms with Crippen LogP contribution in [-0.4, -0.2) is 68.5 Å². The quantitative estimate of drug-likeness (QED) is 0.0272. The van der Waals surface area contributed by atoms with E-state index < -0.39 is 26.6 Å². The molecular formula is C77H139N2O6P. The summed E-state index contributed by atoms with van der Waals surface area (Å²) in [6, 6.07) is -0.911. The molecule has 0 spiro atoms. The van der Waals surface area contributed by atoms with Crippen LogP contribution in [-0.2, 0) is 18.4 Å². The van der Waals surface area contributed by atoms with Crippen LogP contribution in [0.25, 0.3) is 0 Å². The summed E-state index contributed by atoms with van der Waals surface area (Å²) in [6.07, 6.45) is 97.9. The van der Waals surface area contributed by atoms with Crippen molar-refractivity contribution in [2.24, 2.45) is 0 Å².